The number of allylic oxidation sites excluding steroid dienone is 1. The van der Waals surface area contributed by atoms with Gasteiger partial charge in [0, 0.05) is 29.1 Å². The first-order valence-electron chi connectivity index (χ1n) is 7.38. The minimum atomic E-state index is -0.172. The Morgan fingerprint density at radius 3 is 2.54 bits per heavy atom. The first kappa shape index (κ1) is 18.7. The highest BCUT2D eigenvalue weighted by molar-refractivity contribution is 7.17. The number of thiazole rings is 1. The molecule has 3 rings (SSSR count). The van der Waals surface area contributed by atoms with E-state index in [4.69, 9.17) is 40.5 Å². The van der Waals surface area contributed by atoms with E-state index in [9.17, 15) is 4.79 Å². The first-order chi connectivity index (χ1) is 12.4. The minimum Gasteiger partial charge on any atom is -0.397 e. The van der Waals surface area contributed by atoms with E-state index < -0.39 is 0 Å². The maximum Gasteiger partial charge on any atom is 0.198 e. The van der Waals surface area contributed by atoms with E-state index in [1.165, 1.54) is 23.6 Å². The summed E-state index contributed by atoms with van der Waals surface area (Å²) in [5.74, 6) is -0.172. The zero-order chi connectivity index (χ0) is 18.7. The van der Waals surface area contributed by atoms with Crippen LogP contribution >= 0.6 is 46.1 Å². The van der Waals surface area contributed by atoms with Gasteiger partial charge >= 0.3 is 0 Å². The zero-order valence-electron chi connectivity index (χ0n) is 13.2. The molecule has 1 heterocycles. The molecule has 2 aromatic carbocycles. The first-order valence-corrected chi connectivity index (χ1v) is 9.33. The summed E-state index contributed by atoms with van der Waals surface area (Å²) < 4.78 is 0. The Labute approximate surface area is 169 Å². The van der Waals surface area contributed by atoms with Crippen LogP contribution in [-0.4, -0.2) is 10.8 Å². The van der Waals surface area contributed by atoms with E-state index >= 15 is 0 Å². The Hall–Kier alpha value is -2.05. The molecule has 0 unspecified atom stereocenters. The SMILES string of the molecule is Nc1cc(Cl)c(Cl)cc1N/C=C/C(=O)c1cnc(-c2ccc(Cl)cc2)s1. The molecule has 3 aromatic rings. The summed E-state index contributed by atoms with van der Waals surface area (Å²) in [5, 5.41) is 5.07. The van der Waals surface area contributed by atoms with Crippen molar-refractivity contribution in [1.82, 2.24) is 4.98 Å². The van der Waals surface area contributed by atoms with Gasteiger partial charge in [0.25, 0.3) is 0 Å². The fourth-order valence-electron chi connectivity index (χ4n) is 2.09. The maximum absolute atomic E-state index is 12.3. The number of rotatable bonds is 5. The molecule has 0 fully saturated rings. The third-order valence-corrected chi connectivity index (χ3v) is 5.44. The lowest BCUT2D eigenvalue weighted by Gasteiger charge is -2.06. The smallest absolute Gasteiger partial charge is 0.198 e. The number of hydrogen-bond acceptors (Lipinski definition) is 5. The van der Waals surface area contributed by atoms with Crippen LogP contribution in [0.3, 0.4) is 0 Å². The number of nitrogens with zero attached hydrogens (tertiary/aromatic N) is 1. The van der Waals surface area contributed by atoms with Crippen molar-refractivity contribution < 1.29 is 4.79 Å². The second-order valence-electron chi connectivity index (χ2n) is 5.23. The Balaban J connectivity index is 1.70. The number of nitrogens with one attached hydrogen (secondary N) is 1. The van der Waals surface area contributed by atoms with Crippen molar-refractivity contribution in [2.24, 2.45) is 0 Å². The number of benzene rings is 2. The molecule has 3 N–H and O–H groups in total. The van der Waals surface area contributed by atoms with Gasteiger partial charge in [-0.25, -0.2) is 4.98 Å². The summed E-state index contributed by atoms with van der Waals surface area (Å²) >= 11 is 19.0. The summed E-state index contributed by atoms with van der Waals surface area (Å²) in [4.78, 5) is 17.1. The number of nitrogens with two attached hydrogens (primary N) is 1. The van der Waals surface area contributed by atoms with Crippen LogP contribution in [0.4, 0.5) is 11.4 Å². The van der Waals surface area contributed by atoms with E-state index in [-0.39, 0.29) is 5.78 Å². The van der Waals surface area contributed by atoms with Crippen molar-refractivity contribution in [2.45, 2.75) is 0 Å². The Bertz CT molecular complexity index is 984. The molecule has 0 aliphatic rings. The van der Waals surface area contributed by atoms with Gasteiger partial charge in [0.1, 0.15) is 5.01 Å². The van der Waals surface area contributed by atoms with Crippen LogP contribution < -0.4 is 11.1 Å². The van der Waals surface area contributed by atoms with Crippen LogP contribution in [0.25, 0.3) is 10.6 Å². The number of carbonyl (C=O) groups excluding carboxylic acids is 1. The fourth-order valence-corrected chi connectivity index (χ4v) is 3.39. The lowest BCUT2D eigenvalue weighted by atomic mass is 10.2. The number of aromatic nitrogens is 1. The molecule has 0 bridgehead atoms. The lowest BCUT2D eigenvalue weighted by Crippen LogP contribution is -1.97. The molecule has 4 nitrogen and oxygen atoms in total. The largest absolute Gasteiger partial charge is 0.397 e. The average molecular weight is 425 g/mol. The van der Waals surface area contributed by atoms with E-state index in [0.29, 0.717) is 31.3 Å². The van der Waals surface area contributed by atoms with Crippen LogP contribution in [0.2, 0.25) is 15.1 Å². The minimum absolute atomic E-state index is 0.172. The number of anilines is 2. The van der Waals surface area contributed by atoms with Crippen molar-refractivity contribution in [3.05, 3.63) is 74.8 Å². The van der Waals surface area contributed by atoms with Crippen molar-refractivity contribution in [2.75, 3.05) is 11.1 Å². The molecule has 0 spiro atoms. The van der Waals surface area contributed by atoms with Gasteiger partial charge in [0.2, 0.25) is 0 Å². The highest BCUT2D eigenvalue weighted by atomic mass is 35.5. The Morgan fingerprint density at radius 2 is 1.81 bits per heavy atom. The van der Waals surface area contributed by atoms with E-state index in [1.807, 2.05) is 12.1 Å². The molecular formula is C18H12Cl3N3OS. The molecule has 8 heteroatoms. The number of hydrogen-bond donors (Lipinski definition) is 2. The lowest BCUT2D eigenvalue weighted by molar-refractivity contribution is 0.105. The summed E-state index contributed by atoms with van der Waals surface area (Å²) in [6.07, 6.45) is 4.45. The van der Waals surface area contributed by atoms with Gasteiger partial charge in [-0.2, -0.15) is 0 Å². The quantitative estimate of drug-likeness (QED) is 0.292. The third-order valence-electron chi connectivity index (χ3n) is 3.41. The molecule has 26 heavy (non-hydrogen) atoms. The van der Waals surface area contributed by atoms with Gasteiger partial charge in [-0.15, -0.1) is 11.3 Å². The Morgan fingerprint density at radius 1 is 1.12 bits per heavy atom. The zero-order valence-corrected chi connectivity index (χ0v) is 16.3. The number of halogens is 3. The summed E-state index contributed by atoms with van der Waals surface area (Å²) in [7, 11) is 0. The van der Waals surface area contributed by atoms with Crippen molar-refractivity contribution in [3.8, 4) is 10.6 Å². The van der Waals surface area contributed by atoms with Gasteiger partial charge in [0.05, 0.1) is 26.3 Å². The molecule has 0 aliphatic carbocycles. The highest BCUT2D eigenvalue weighted by Gasteiger charge is 2.10. The maximum atomic E-state index is 12.3. The summed E-state index contributed by atoms with van der Waals surface area (Å²) in [5.41, 5.74) is 7.76. The van der Waals surface area contributed by atoms with Crippen molar-refractivity contribution in [1.29, 1.82) is 0 Å². The number of nitrogen functional groups attached to an aromatic ring is 1. The predicted molar refractivity (Wildman–Crippen MR) is 111 cm³/mol. The normalized spacial score (nSPS) is 11.0. The molecule has 0 saturated carbocycles. The van der Waals surface area contributed by atoms with Crippen LogP contribution in [0.1, 0.15) is 9.67 Å². The van der Waals surface area contributed by atoms with E-state index in [2.05, 4.69) is 10.3 Å². The molecule has 0 amide bonds. The fraction of sp³-hybridized carbons (Fsp3) is 0. The van der Waals surface area contributed by atoms with Gasteiger partial charge in [-0.3, -0.25) is 4.79 Å². The van der Waals surface area contributed by atoms with E-state index in [1.54, 1.807) is 30.5 Å². The molecule has 1 aromatic heterocycles. The van der Waals surface area contributed by atoms with Crippen LogP contribution in [0, 0.1) is 0 Å². The number of carbonyl (C=O) groups is 1. The molecule has 0 atom stereocenters. The second kappa shape index (κ2) is 8.10. The van der Waals surface area contributed by atoms with Crippen LogP contribution in [0.15, 0.2) is 54.9 Å². The molecule has 0 aliphatic heterocycles. The monoisotopic (exact) mass is 423 g/mol. The second-order valence-corrected chi connectivity index (χ2v) is 7.51. The molecule has 132 valence electrons. The predicted octanol–water partition coefficient (Wildman–Crippen LogP) is 6.16. The molecule has 0 saturated heterocycles. The summed E-state index contributed by atoms with van der Waals surface area (Å²) in [6.45, 7) is 0. The van der Waals surface area contributed by atoms with Gasteiger partial charge < -0.3 is 11.1 Å². The average Bonchev–Trinajstić information content (AvgIpc) is 3.10. The van der Waals surface area contributed by atoms with Gasteiger partial charge in [0.15, 0.2) is 5.78 Å². The van der Waals surface area contributed by atoms with Crippen LogP contribution in [0.5, 0.6) is 0 Å². The van der Waals surface area contributed by atoms with Gasteiger partial charge in [-0.05, 0) is 24.3 Å². The van der Waals surface area contributed by atoms with Crippen molar-refractivity contribution in [3.63, 3.8) is 0 Å². The third kappa shape index (κ3) is 4.37. The highest BCUT2D eigenvalue weighted by Crippen LogP contribution is 2.31. The van der Waals surface area contributed by atoms with Gasteiger partial charge in [-0.1, -0.05) is 46.9 Å². The number of ketones is 1. The summed E-state index contributed by atoms with van der Waals surface area (Å²) in [6, 6.07) is 10.4. The molecular weight excluding hydrogens is 413 g/mol. The Kier molecular flexibility index (Phi) is 5.84. The molecule has 0 radical (unpaired) electrons. The topological polar surface area (TPSA) is 68.0 Å². The van der Waals surface area contributed by atoms with Crippen molar-refractivity contribution >= 4 is 63.3 Å². The standard InChI is InChI=1S/C18H12Cl3N3OS/c19-11-3-1-10(2-4-11)18-24-9-17(26-18)16(25)5-6-23-15-8-13(21)12(20)7-14(15)22/h1-9,23H,22H2/b6-5+. The van der Waals surface area contributed by atoms with Crippen LogP contribution in [-0.2, 0) is 0 Å². The van der Waals surface area contributed by atoms with E-state index in [0.717, 1.165) is 10.6 Å².